The summed E-state index contributed by atoms with van der Waals surface area (Å²) in [4.78, 5) is 2.17. The average Bonchev–Trinajstić information content (AvgIpc) is 2.72. The summed E-state index contributed by atoms with van der Waals surface area (Å²) >= 11 is 0. The first-order valence-electron chi connectivity index (χ1n) is 9.68. The number of benzene rings is 1. The van der Waals surface area contributed by atoms with Crippen molar-refractivity contribution in [3.05, 3.63) is 76.8 Å². The average molecular weight is 387 g/mol. The second kappa shape index (κ2) is 12.8. The number of nitrogens with one attached hydrogen (secondary N) is 1. The first-order chi connectivity index (χ1) is 13.5. The summed E-state index contributed by atoms with van der Waals surface area (Å²) in [7, 11) is 0. The van der Waals surface area contributed by atoms with Crippen LogP contribution in [0.1, 0.15) is 33.3 Å². The molecule has 28 heavy (non-hydrogen) atoms. The summed E-state index contributed by atoms with van der Waals surface area (Å²) in [6.07, 6.45) is 7.18. The van der Waals surface area contributed by atoms with Crippen molar-refractivity contribution in [3.63, 3.8) is 0 Å². The molecule has 4 N–H and O–H groups in total. The Hall–Kier alpha value is -2.50. The van der Waals surface area contributed by atoms with E-state index in [1.54, 1.807) is 38.1 Å². The molecule has 5 nitrogen and oxygen atoms in total. The lowest BCUT2D eigenvalue weighted by Crippen LogP contribution is -2.35. The van der Waals surface area contributed by atoms with Crippen LogP contribution in [-0.2, 0) is 6.54 Å². The Balaban J connectivity index is 2.78. The zero-order chi connectivity index (χ0) is 20.9. The van der Waals surface area contributed by atoms with Crippen LogP contribution in [-0.4, -0.2) is 46.4 Å². The number of aliphatic hydroxyl groups excluding tert-OH is 2. The van der Waals surface area contributed by atoms with Crippen molar-refractivity contribution < 1.29 is 15.3 Å². The summed E-state index contributed by atoms with van der Waals surface area (Å²) < 4.78 is 0. The minimum atomic E-state index is 0.270. The van der Waals surface area contributed by atoms with Gasteiger partial charge in [-0.3, -0.25) is 4.90 Å². The number of allylic oxidation sites excluding steroid dienone is 4. The fraction of sp³-hybridized carbons (Fsp3) is 0.391. The van der Waals surface area contributed by atoms with E-state index in [1.807, 2.05) is 38.1 Å². The molecule has 1 aromatic carbocycles. The predicted octanol–water partition coefficient (Wildman–Crippen LogP) is 4.60. The summed E-state index contributed by atoms with van der Waals surface area (Å²) in [5, 5.41) is 33.4. The van der Waals surface area contributed by atoms with Gasteiger partial charge in [0, 0.05) is 49.4 Å². The third-order valence-corrected chi connectivity index (χ3v) is 4.60. The van der Waals surface area contributed by atoms with E-state index < -0.39 is 0 Å². The summed E-state index contributed by atoms with van der Waals surface area (Å²) in [5.41, 5.74) is 2.55. The number of phenols is 1. The first kappa shape index (κ1) is 23.5. The highest BCUT2D eigenvalue weighted by atomic mass is 16.3. The van der Waals surface area contributed by atoms with Crippen molar-refractivity contribution in [1.82, 2.24) is 10.2 Å². The SMILES string of the molecule is C/C=C(CN(CCNCc1ccccc1O)CC(=C/C)/C(O)=C\C)\C(O)=C/C. The molecule has 0 atom stereocenters. The Bertz CT molecular complexity index is 697. The van der Waals surface area contributed by atoms with Crippen molar-refractivity contribution >= 4 is 0 Å². The van der Waals surface area contributed by atoms with E-state index in [9.17, 15) is 15.3 Å². The molecule has 1 rings (SSSR count). The number of phenolic OH excluding ortho intramolecular Hbond substituents is 1. The summed E-state index contributed by atoms with van der Waals surface area (Å²) in [5.74, 6) is 0.828. The highest BCUT2D eigenvalue weighted by Gasteiger charge is 2.13. The molecule has 0 radical (unpaired) electrons. The van der Waals surface area contributed by atoms with Gasteiger partial charge < -0.3 is 20.6 Å². The second-order valence-electron chi connectivity index (χ2n) is 6.49. The molecule has 0 saturated carbocycles. The number of aliphatic hydroxyl groups is 2. The van der Waals surface area contributed by atoms with Crippen LogP contribution in [0.2, 0.25) is 0 Å². The number of aromatic hydroxyl groups is 1. The topological polar surface area (TPSA) is 76.0 Å². The van der Waals surface area contributed by atoms with E-state index in [1.165, 1.54) is 0 Å². The van der Waals surface area contributed by atoms with Crippen LogP contribution in [0.25, 0.3) is 0 Å². The van der Waals surface area contributed by atoms with E-state index in [4.69, 9.17) is 0 Å². The first-order valence-corrected chi connectivity index (χ1v) is 9.68. The molecule has 0 bridgehead atoms. The molecular formula is C23H34N2O3. The Morgan fingerprint density at radius 1 is 0.893 bits per heavy atom. The van der Waals surface area contributed by atoms with Crippen LogP contribution in [0.5, 0.6) is 5.75 Å². The lowest BCUT2D eigenvalue weighted by molar-refractivity contribution is 0.299. The zero-order valence-electron chi connectivity index (χ0n) is 17.4. The van der Waals surface area contributed by atoms with Crippen molar-refractivity contribution in [2.45, 2.75) is 34.2 Å². The molecule has 0 aliphatic heterocycles. The maximum atomic E-state index is 10.1. The molecule has 0 spiro atoms. The van der Waals surface area contributed by atoms with Gasteiger partial charge in [0.25, 0.3) is 0 Å². The Kier molecular flexibility index (Phi) is 10.8. The van der Waals surface area contributed by atoms with Crippen molar-refractivity contribution in [2.24, 2.45) is 0 Å². The van der Waals surface area contributed by atoms with E-state index >= 15 is 0 Å². The standard InChI is InChI=1S/C23H34N2O3/c1-5-18(21(26)7-3)16-25(17-19(6-2)22(27)8-4)14-13-24-15-20-11-9-10-12-23(20)28/h5-12,24,26-28H,13-17H2,1-4H3/b18-5-,19-6-,21-7+,22-8+. The van der Waals surface area contributed by atoms with Gasteiger partial charge >= 0.3 is 0 Å². The van der Waals surface area contributed by atoms with Gasteiger partial charge in [0.05, 0.1) is 0 Å². The van der Waals surface area contributed by atoms with Gasteiger partial charge in [0.1, 0.15) is 17.3 Å². The maximum Gasteiger partial charge on any atom is 0.120 e. The van der Waals surface area contributed by atoms with Gasteiger partial charge in [-0.1, -0.05) is 30.4 Å². The molecule has 0 aliphatic rings. The van der Waals surface area contributed by atoms with E-state index in [2.05, 4.69) is 10.2 Å². The third-order valence-electron chi connectivity index (χ3n) is 4.60. The second-order valence-corrected chi connectivity index (χ2v) is 6.49. The Morgan fingerprint density at radius 2 is 1.43 bits per heavy atom. The van der Waals surface area contributed by atoms with Gasteiger partial charge in [-0.05, 0) is 45.9 Å². The molecule has 0 fully saturated rings. The maximum absolute atomic E-state index is 10.1. The van der Waals surface area contributed by atoms with Gasteiger partial charge in [-0.2, -0.15) is 0 Å². The molecule has 0 aromatic heterocycles. The van der Waals surface area contributed by atoms with E-state index in [0.717, 1.165) is 23.3 Å². The molecule has 0 saturated heterocycles. The van der Waals surface area contributed by atoms with Gasteiger partial charge in [0.2, 0.25) is 0 Å². The smallest absolute Gasteiger partial charge is 0.120 e. The molecular weight excluding hydrogens is 352 g/mol. The summed E-state index contributed by atoms with van der Waals surface area (Å²) in [6.45, 7) is 10.6. The number of hydrogen-bond donors (Lipinski definition) is 4. The molecule has 0 unspecified atom stereocenters. The molecule has 0 amide bonds. The molecule has 1 aromatic rings. The van der Waals surface area contributed by atoms with Crippen LogP contribution in [0.4, 0.5) is 0 Å². The zero-order valence-corrected chi connectivity index (χ0v) is 17.4. The largest absolute Gasteiger partial charge is 0.508 e. The molecule has 5 heteroatoms. The highest BCUT2D eigenvalue weighted by molar-refractivity contribution is 5.31. The lowest BCUT2D eigenvalue weighted by atomic mass is 10.1. The highest BCUT2D eigenvalue weighted by Crippen LogP contribution is 2.15. The number of rotatable bonds is 11. The van der Waals surface area contributed by atoms with Crippen LogP contribution in [0.15, 0.2) is 71.2 Å². The predicted molar refractivity (Wildman–Crippen MR) is 117 cm³/mol. The summed E-state index contributed by atoms with van der Waals surface area (Å²) in [6, 6.07) is 7.28. The van der Waals surface area contributed by atoms with Gasteiger partial charge in [-0.25, -0.2) is 0 Å². The van der Waals surface area contributed by atoms with Crippen molar-refractivity contribution in [3.8, 4) is 5.75 Å². The Morgan fingerprint density at radius 3 is 1.89 bits per heavy atom. The van der Waals surface area contributed by atoms with Crippen molar-refractivity contribution in [2.75, 3.05) is 26.2 Å². The van der Waals surface area contributed by atoms with Crippen molar-refractivity contribution in [1.29, 1.82) is 0 Å². The number of para-hydroxylation sites is 1. The van der Waals surface area contributed by atoms with Gasteiger partial charge in [-0.15, -0.1) is 0 Å². The van der Waals surface area contributed by atoms with Crippen LogP contribution < -0.4 is 5.32 Å². The van der Waals surface area contributed by atoms with Crippen LogP contribution in [0, 0.1) is 0 Å². The monoisotopic (exact) mass is 386 g/mol. The number of nitrogens with zero attached hydrogens (tertiary/aromatic N) is 1. The minimum Gasteiger partial charge on any atom is -0.508 e. The number of hydrogen-bond acceptors (Lipinski definition) is 5. The quantitative estimate of drug-likeness (QED) is 0.254. The molecule has 0 heterocycles. The minimum absolute atomic E-state index is 0.270. The van der Waals surface area contributed by atoms with E-state index in [0.29, 0.717) is 26.2 Å². The fourth-order valence-electron chi connectivity index (χ4n) is 2.83. The fourth-order valence-corrected chi connectivity index (χ4v) is 2.83. The molecule has 154 valence electrons. The Labute approximate surface area is 169 Å². The van der Waals surface area contributed by atoms with E-state index in [-0.39, 0.29) is 17.3 Å². The molecule has 0 aliphatic carbocycles. The van der Waals surface area contributed by atoms with Gasteiger partial charge in [0.15, 0.2) is 0 Å². The normalized spacial score (nSPS) is 14.0. The van der Waals surface area contributed by atoms with Crippen LogP contribution >= 0.6 is 0 Å². The van der Waals surface area contributed by atoms with Crippen LogP contribution in [0.3, 0.4) is 0 Å². The third kappa shape index (κ3) is 7.62. The lowest BCUT2D eigenvalue weighted by Gasteiger charge is -2.25.